The van der Waals surface area contributed by atoms with Crippen LogP contribution < -0.4 is 5.32 Å². The van der Waals surface area contributed by atoms with E-state index in [0.717, 1.165) is 0 Å². The number of nitrogens with one attached hydrogen (secondary N) is 1. The van der Waals surface area contributed by atoms with Crippen molar-refractivity contribution in [3.8, 4) is 0 Å². The molecule has 0 aromatic carbocycles. The Bertz CT molecular complexity index is 164. The Morgan fingerprint density at radius 3 is 2.30 bits per heavy atom. The van der Waals surface area contributed by atoms with Gasteiger partial charge in [-0.15, -0.1) is 22.9 Å². The molecule has 1 N–H and O–H groups in total. The van der Waals surface area contributed by atoms with Gasteiger partial charge >= 0.3 is 0 Å². The van der Waals surface area contributed by atoms with E-state index in [1.165, 1.54) is 0 Å². The zero-order valence-corrected chi connectivity index (χ0v) is 6.71. The minimum Gasteiger partial charge on any atom is -0.312 e. The van der Waals surface area contributed by atoms with E-state index in [9.17, 15) is 0 Å². The van der Waals surface area contributed by atoms with Gasteiger partial charge < -0.3 is 5.32 Å². The second-order valence-electron chi connectivity index (χ2n) is 2.08. The van der Waals surface area contributed by atoms with Crippen molar-refractivity contribution < 1.29 is 0 Å². The molecule has 0 spiro atoms. The van der Waals surface area contributed by atoms with Gasteiger partial charge in [-0.25, -0.2) is 0 Å². The lowest BCUT2D eigenvalue weighted by molar-refractivity contribution is 0.466. The van der Waals surface area contributed by atoms with E-state index in [2.05, 4.69) is 38.6 Å². The molecular formula is C4H9N5S. The molecular weight excluding hydrogens is 150 g/mol. The van der Waals surface area contributed by atoms with Crippen LogP contribution in [0.25, 0.3) is 0 Å². The van der Waals surface area contributed by atoms with Gasteiger partial charge in [0.05, 0.1) is 6.04 Å². The quantitative estimate of drug-likeness (QED) is 0.580. The molecule has 1 aliphatic heterocycles. The zero-order chi connectivity index (χ0) is 7.61. The highest BCUT2D eigenvalue weighted by atomic mass is 32.1. The molecule has 1 rings (SSSR count). The molecule has 10 heavy (non-hydrogen) atoms. The van der Waals surface area contributed by atoms with Crippen molar-refractivity contribution in [1.29, 1.82) is 0 Å². The third-order valence-electron chi connectivity index (χ3n) is 1.44. The van der Waals surface area contributed by atoms with Crippen LogP contribution >= 0.6 is 12.6 Å². The van der Waals surface area contributed by atoms with E-state index < -0.39 is 4.99 Å². The second kappa shape index (κ2) is 2.63. The molecule has 0 radical (unpaired) electrons. The summed E-state index contributed by atoms with van der Waals surface area (Å²) in [5, 5.41) is 17.2. The van der Waals surface area contributed by atoms with Crippen LogP contribution in [-0.2, 0) is 0 Å². The minimum absolute atomic E-state index is 0.0332. The van der Waals surface area contributed by atoms with E-state index >= 15 is 0 Å². The maximum absolute atomic E-state index is 4.17. The first-order chi connectivity index (χ1) is 4.69. The van der Waals surface area contributed by atoms with Crippen LogP contribution in [0.2, 0.25) is 0 Å². The summed E-state index contributed by atoms with van der Waals surface area (Å²) in [5.41, 5.74) is 0. The van der Waals surface area contributed by atoms with E-state index in [4.69, 9.17) is 0 Å². The van der Waals surface area contributed by atoms with Crippen LogP contribution in [-0.4, -0.2) is 18.1 Å². The average molecular weight is 159 g/mol. The Morgan fingerprint density at radius 1 is 1.40 bits per heavy atom. The van der Waals surface area contributed by atoms with Gasteiger partial charge in [0.25, 0.3) is 4.99 Å². The Hall–Kier alpha value is -0.490. The topological polar surface area (TPSA) is 61.5 Å². The fourth-order valence-electron chi connectivity index (χ4n) is 0.558. The van der Waals surface area contributed by atoms with Gasteiger partial charge in [0.15, 0.2) is 0 Å². The average Bonchev–Trinajstić information content (AvgIpc) is 2.36. The molecule has 1 aliphatic rings. The van der Waals surface area contributed by atoms with Crippen molar-refractivity contribution >= 4 is 12.6 Å². The minimum atomic E-state index is -0.797. The third kappa shape index (κ3) is 1.17. The number of hydrogen-bond donors (Lipinski definition) is 2. The highest BCUT2D eigenvalue weighted by Gasteiger charge is 2.34. The highest BCUT2D eigenvalue weighted by Crippen LogP contribution is 2.27. The van der Waals surface area contributed by atoms with Gasteiger partial charge in [-0.3, -0.25) is 0 Å². The first-order valence-electron chi connectivity index (χ1n) is 2.93. The van der Waals surface area contributed by atoms with Crippen LogP contribution in [0.15, 0.2) is 20.7 Å². The Kier molecular flexibility index (Phi) is 2.00. The Morgan fingerprint density at radius 2 is 1.90 bits per heavy atom. The summed E-state index contributed by atoms with van der Waals surface area (Å²) < 4.78 is 0. The lowest BCUT2D eigenvalue weighted by atomic mass is 10.3. The molecule has 1 atom stereocenters. The Labute approximate surface area is 64.4 Å². The molecule has 5 nitrogen and oxygen atoms in total. The van der Waals surface area contributed by atoms with Gasteiger partial charge in [0, 0.05) is 0 Å². The van der Waals surface area contributed by atoms with E-state index in [0.29, 0.717) is 0 Å². The zero-order valence-electron chi connectivity index (χ0n) is 5.81. The van der Waals surface area contributed by atoms with Crippen molar-refractivity contribution in [1.82, 2.24) is 5.32 Å². The summed E-state index contributed by atoms with van der Waals surface area (Å²) in [5.74, 6) is 0. The number of thiol groups is 1. The summed E-state index contributed by atoms with van der Waals surface area (Å²) >= 11 is 4.17. The molecule has 6 heteroatoms. The standard InChI is InChI=1S/C4H9N5S/c1-3(5-2)4(10)6-8-9-7-4/h3,5,10H,1-2H3. The van der Waals surface area contributed by atoms with Crippen LogP contribution in [0.1, 0.15) is 6.92 Å². The summed E-state index contributed by atoms with van der Waals surface area (Å²) in [6.45, 7) is 1.91. The molecule has 0 fully saturated rings. The third-order valence-corrected chi connectivity index (χ3v) is 2.00. The van der Waals surface area contributed by atoms with Crippen LogP contribution in [0.3, 0.4) is 0 Å². The largest absolute Gasteiger partial charge is 0.312 e. The predicted octanol–water partition coefficient (Wildman–Crippen LogP) is 1.01. The summed E-state index contributed by atoms with van der Waals surface area (Å²) in [4.78, 5) is -0.797. The van der Waals surface area contributed by atoms with Gasteiger partial charge in [-0.1, -0.05) is 0 Å². The van der Waals surface area contributed by atoms with Crippen molar-refractivity contribution in [2.75, 3.05) is 7.05 Å². The number of hydrogen-bond acceptors (Lipinski definition) is 6. The number of rotatable bonds is 2. The van der Waals surface area contributed by atoms with E-state index in [-0.39, 0.29) is 6.04 Å². The molecule has 1 unspecified atom stereocenters. The molecule has 0 saturated carbocycles. The molecule has 0 amide bonds. The first-order valence-corrected chi connectivity index (χ1v) is 3.37. The van der Waals surface area contributed by atoms with Crippen molar-refractivity contribution in [3.05, 3.63) is 0 Å². The Balaban J connectivity index is 2.69. The lowest BCUT2D eigenvalue weighted by Crippen LogP contribution is -2.39. The molecule has 1 heterocycles. The molecule has 0 aromatic heterocycles. The molecule has 0 aromatic rings. The number of likely N-dealkylation sites (N-methyl/N-ethyl adjacent to an activating group) is 1. The second-order valence-corrected chi connectivity index (χ2v) is 2.73. The van der Waals surface area contributed by atoms with Crippen molar-refractivity contribution in [2.45, 2.75) is 18.0 Å². The monoisotopic (exact) mass is 159 g/mol. The maximum atomic E-state index is 4.17. The molecule has 56 valence electrons. The molecule has 0 aliphatic carbocycles. The molecule has 0 saturated heterocycles. The maximum Gasteiger partial charge on any atom is 0.252 e. The van der Waals surface area contributed by atoms with Crippen LogP contribution in [0.4, 0.5) is 0 Å². The van der Waals surface area contributed by atoms with Gasteiger partial charge in [0.2, 0.25) is 0 Å². The summed E-state index contributed by atoms with van der Waals surface area (Å²) in [6.07, 6.45) is 0. The van der Waals surface area contributed by atoms with Gasteiger partial charge in [0.1, 0.15) is 0 Å². The molecule has 0 bridgehead atoms. The smallest absolute Gasteiger partial charge is 0.252 e. The van der Waals surface area contributed by atoms with Crippen LogP contribution in [0, 0.1) is 0 Å². The van der Waals surface area contributed by atoms with Crippen molar-refractivity contribution in [2.24, 2.45) is 20.7 Å². The van der Waals surface area contributed by atoms with E-state index in [1.54, 1.807) is 0 Å². The predicted molar refractivity (Wildman–Crippen MR) is 40.0 cm³/mol. The highest BCUT2D eigenvalue weighted by molar-refractivity contribution is 7.81. The van der Waals surface area contributed by atoms with Gasteiger partial charge in [-0.2, -0.15) is 0 Å². The van der Waals surface area contributed by atoms with Crippen molar-refractivity contribution in [3.63, 3.8) is 0 Å². The number of nitrogens with zero attached hydrogens (tertiary/aromatic N) is 4. The fraction of sp³-hybridized carbons (Fsp3) is 1.00. The van der Waals surface area contributed by atoms with Crippen LogP contribution in [0.5, 0.6) is 0 Å². The summed E-state index contributed by atoms with van der Waals surface area (Å²) in [6, 6.07) is 0.0332. The van der Waals surface area contributed by atoms with Gasteiger partial charge in [-0.05, 0) is 24.4 Å². The SMILES string of the molecule is CNC(C)C1(S)N=NN=N1. The fourth-order valence-corrected chi connectivity index (χ4v) is 0.768. The summed E-state index contributed by atoms with van der Waals surface area (Å²) in [7, 11) is 1.81. The lowest BCUT2D eigenvalue weighted by Gasteiger charge is -2.19. The first kappa shape index (κ1) is 7.62. The normalized spacial score (nSPS) is 23.5. The van der Waals surface area contributed by atoms with E-state index in [1.807, 2.05) is 14.0 Å².